The van der Waals surface area contributed by atoms with E-state index in [9.17, 15) is 19.8 Å². The van der Waals surface area contributed by atoms with Gasteiger partial charge in [-0.25, -0.2) is 4.79 Å². The van der Waals surface area contributed by atoms with E-state index in [1.807, 2.05) is 30.3 Å². The number of hydrogen-bond acceptors (Lipinski definition) is 10. The summed E-state index contributed by atoms with van der Waals surface area (Å²) in [6.07, 6.45) is -5.87. The van der Waals surface area contributed by atoms with Gasteiger partial charge < -0.3 is 25.4 Å². The third-order valence-corrected chi connectivity index (χ3v) is 4.38. The van der Waals surface area contributed by atoms with Gasteiger partial charge in [0.05, 0.1) is 1.37 Å². The van der Waals surface area contributed by atoms with Crippen LogP contribution in [0.1, 0.15) is 13.1 Å². The van der Waals surface area contributed by atoms with Crippen LogP contribution in [0.2, 0.25) is 0 Å². The molecule has 5 atom stereocenters. The van der Waals surface area contributed by atoms with Gasteiger partial charge in [0.25, 0.3) is 0 Å². The molecule has 2 heterocycles. The standard InChI is InChI=1S/C18H22N4O7/c19-11(8-10-4-2-1-3-5-10)17(25)28-9-12-14(23)15(24)16(29-12)22-7-6-13(21-27)20-18(22)26/h1-7,11-12,14-16,23-24,27H,8-9,19H2,(H,20,21,26)/t11-,12-,14-,15-,16-/m1/s1/i16D. The van der Waals surface area contributed by atoms with Crippen molar-refractivity contribution in [2.45, 2.75) is 37.0 Å². The number of aliphatic hydroxyl groups excluding tert-OH is 2. The molecule has 1 aliphatic heterocycles. The smallest absolute Gasteiger partial charge is 0.351 e. The van der Waals surface area contributed by atoms with Crippen LogP contribution < -0.4 is 16.9 Å². The number of rotatable bonds is 7. The van der Waals surface area contributed by atoms with Crippen molar-refractivity contribution in [3.05, 3.63) is 58.6 Å². The topological polar surface area (TPSA) is 169 Å². The van der Waals surface area contributed by atoms with Gasteiger partial charge in [0.2, 0.25) is 0 Å². The Morgan fingerprint density at radius 3 is 2.72 bits per heavy atom. The van der Waals surface area contributed by atoms with Gasteiger partial charge in [0.1, 0.15) is 31.0 Å². The number of ether oxygens (including phenoxy) is 2. The normalized spacial score (nSPS) is 27.9. The molecular weight excluding hydrogens is 384 g/mol. The molecule has 0 bridgehead atoms. The van der Waals surface area contributed by atoms with E-state index in [2.05, 4.69) is 4.98 Å². The molecule has 1 saturated heterocycles. The highest BCUT2D eigenvalue weighted by molar-refractivity contribution is 5.75. The van der Waals surface area contributed by atoms with Crippen LogP contribution in [0, 0.1) is 0 Å². The summed E-state index contributed by atoms with van der Waals surface area (Å²) in [4.78, 5) is 27.7. The van der Waals surface area contributed by atoms with Crippen molar-refractivity contribution in [1.82, 2.24) is 9.55 Å². The minimum atomic E-state index is -2.42. The molecule has 3 rings (SSSR count). The molecule has 0 aliphatic carbocycles. The molecule has 29 heavy (non-hydrogen) atoms. The number of nitrogens with one attached hydrogen (secondary N) is 1. The number of aromatic nitrogens is 2. The van der Waals surface area contributed by atoms with Crippen LogP contribution in [0.4, 0.5) is 5.82 Å². The lowest BCUT2D eigenvalue weighted by molar-refractivity contribution is -0.151. The first-order valence-electron chi connectivity index (χ1n) is 9.26. The van der Waals surface area contributed by atoms with Gasteiger partial charge in [0.15, 0.2) is 12.0 Å². The van der Waals surface area contributed by atoms with Gasteiger partial charge in [0, 0.05) is 6.20 Å². The summed E-state index contributed by atoms with van der Waals surface area (Å²) in [7, 11) is 0. The van der Waals surface area contributed by atoms with Gasteiger partial charge in [-0.05, 0) is 18.1 Å². The molecule has 1 aromatic carbocycles. The number of nitrogens with zero attached hydrogens (tertiary/aromatic N) is 2. The maximum atomic E-state index is 12.2. The van der Waals surface area contributed by atoms with Crippen molar-refractivity contribution < 1.29 is 31.1 Å². The summed E-state index contributed by atoms with van der Waals surface area (Å²) in [5, 5.41) is 29.3. The SMILES string of the molecule is [2H][C@@]1(n2ccc(NO)nc2=O)O[C@H](COC(=O)[C@H](N)Cc2ccccc2)[C@@H](O)[C@H]1O. The average molecular weight is 407 g/mol. The van der Waals surface area contributed by atoms with E-state index >= 15 is 0 Å². The highest BCUT2D eigenvalue weighted by Crippen LogP contribution is 2.28. The summed E-state index contributed by atoms with van der Waals surface area (Å²) < 4.78 is 19.4. The Morgan fingerprint density at radius 1 is 1.34 bits per heavy atom. The lowest BCUT2D eigenvalue weighted by Crippen LogP contribution is -2.39. The Labute approximate surface area is 166 Å². The molecule has 11 nitrogen and oxygen atoms in total. The second kappa shape index (κ2) is 9.11. The van der Waals surface area contributed by atoms with Crippen molar-refractivity contribution in [3.63, 3.8) is 0 Å². The van der Waals surface area contributed by atoms with E-state index in [-0.39, 0.29) is 12.2 Å². The summed E-state index contributed by atoms with van der Waals surface area (Å²) in [6.45, 7) is -0.487. The van der Waals surface area contributed by atoms with Gasteiger partial charge in [-0.3, -0.25) is 20.0 Å². The Balaban J connectivity index is 1.65. The molecule has 0 spiro atoms. The minimum absolute atomic E-state index is 0.175. The molecule has 0 saturated carbocycles. The summed E-state index contributed by atoms with van der Waals surface area (Å²) >= 11 is 0. The van der Waals surface area contributed by atoms with Gasteiger partial charge in [-0.15, -0.1) is 0 Å². The number of aliphatic hydroxyl groups is 2. The largest absolute Gasteiger partial charge is 0.462 e. The van der Waals surface area contributed by atoms with Crippen molar-refractivity contribution >= 4 is 11.8 Å². The highest BCUT2D eigenvalue weighted by Gasteiger charge is 2.44. The van der Waals surface area contributed by atoms with Crippen LogP contribution in [0.3, 0.4) is 0 Å². The highest BCUT2D eigenvalue weighted by atomic mass is 16.6. The van der Waals surface area contributed by atoms with Gasteiger partial charge >= 0.3 is 11.7 Å². The second-order valence-electron chi connectivity index (χ2n) is 6.43. The first-order chi connectivity index (χ1) is 14.3. The monoisotopic (exact) mass is 407 g/mol. The van der Waals surface area contributed by atoms with E-state index in [4.69, 9.17) is 21.8 Å². The van der Waals surface area contributed by atoms with E-state index in [1.165, 1.54) is 0 Å². The third-order valence-electron chi connectivity index (χ3n) is 4.38. The zero-order valence-electron chi connectivity index (χ0n) is 16.2. The zero-order valence-corrected chi connectivity index (χ0v) is 15.2. The summed E-state index contributed by atoms with van der Waals surface area (Å²) in [6, 6.07) is 9.28. The van der Waals surface area contributed by atoms with Crippen LogP contribution in [-0.2, 0) is 20.7 Å². The van der Waals surface area contributed by atoms with E-state index in [0.717, 1.165) is 17.8 Å². The first kappa shape index (κ1) is 19.5. The zero-order chi connectivity index (χ0) is 21.9. The number of carbonyl (C=O) groups excluding carboxylic acids is 1. The molecule has 11 heteroatoms. The molecular formula is C18H22N4O7. The predicted molar refractivity (Wildman–Crippen MR) is 98.9 cm³/mol. The van der Waals surface area contributed by atoms with Crippen molar-refractivity contribution in [2.24, 2.45) is 5.73 Å². The molecule has 0 radical (unpaired) electrons. The molecule has 0 unspecified atom stereocenters. The predicted octanol–water partition coefficient (Wildman–Crippen LogP) is -1.22. The number of benzene rings is 1. The van der Waals surface area contributed by atoms with E-state index in [0.29, 0.717) is 4.57 Å². The lowest BCUT2D eigenvalue weighted by atomic mass is 10.1. The average Bonchev–Trinajstić information content (AvgIpc) is 2.96. The fourth-order valence-electron chi connectivity index (χ4n) is 2.83. The van der Waals surface area contributed by atoms with Crippen molar-refractivity contribution in [2.75, 3.05) is 12.1 Å². The Morgan fingerprint density at radius 2 is 2.07 bits per heavy atom. The van der Waals surface area contributed by atoms with Crippen LogP contribution >= 0.6 is 0 Å². The molecule has 156 valence electrons. The number of anilines is 1. The molecule has 2 aromatic rings. The van der Waals surface area contributed by atoms with Crippen LogP contribution in [0.5, 0.6) is 0 Å². The summed E-state index contributed by atoms with van der Waals surface area (Å²) in [5.74, 6) is -0.922. The fourth-order valence-corrected chi connectivity index (χ4v) is 2.83. The number of hydrogen-bond donors (Lipinski definition) is 5. The maximum absolute atomic E-state index is 12.2. The van der Waals surface area contributed by atoms with Crippen LogP contribution in [-0.4, -0.2) is 61.9 Å². The Kier molecular flexibility index (Phi) is 6.12. The van der Waals surface area contributed by atoms with Gasteiger partial charge in [-0.2, -0.15) is 4.98 Å². The molecule has 1 aliphatic rings. The first-order valence-corrected chi connectivity index (χ1v) is 8.76. The molecule has 1 fully saturated rings. The van der Waals surface area contributed by atoms with Crippen LogP contribution in [0.25, 0.3) is 0 Å². The Bertz CT molecular complexity index is 944. The number of esters is 1. The van der Waals surface area contributed by atoms with Crippen molar-refractivity contribution in [1.29, 1.82) is 0 Å². The van der Waals surface area contributed by atoms with E-state index < -0.39 is 48.8 Å². The quantitative estimate of drug-likeness (QED) is 0.277. The van der Waals surface area contributed by atoms with Crippen LogP contribution in [0.15, 0.2) is 47.4 Å². The maximum Gasteiger partial charge on any atom is 0.351 e. The lowest BCUT2D eigenvalue weighted by Gasteiger charge is -2.17. The third kappa shape index (κ3) is 4.78. The molecule has 1 aromatic heterocycles. The summed E-state index contributed by atoms with van der Waals surface area (Å²) in [5.41, 5.74) is 7.35. The molecule has 0 amide bonds. The Hall–Kier alpha value is -2.83. The minimum Gasteiger partial charge on any atom is -0.462 e. The number of carbonyl (C=O) groups is 1. The second-order valence-corrected chi connectivity index (χ2v) is 6.43. The number of nitrogens with two attached hydrogens (primary N) is 1. The fraction of sp³-hybridized carbons (Fsp3) is 0.389. The van der Waals surface area contributed by atoms with Crippen molar-refractivity contribution in [3.8, 4) is 0 Å². The molecule has 6 N–H and O–H groups in total. The van der Waals surface area contributed by atoms with E-state index in [1.54, 1.807) is 5.48 Å². The van der Waals surface area contributed by atoms with Gasteiger partial charge in [-0.1, -0.05) is 30.3 Å².